The highest BCUT2D eigenvalue weighted by molar-refractivity contribution is 7.92. The molecule has 1 aromatic heterocycles. The molecule has 0 unspecified atom stereocenters. The lowest BCUT2D eigenvalue weighted by Crippen LogP contribution is -2.13. The summed E-state index contributed by atoms with van der Waals surface area (Å²) in [5.41, 5.74) is 0.524. The lowest BCUT2D eigenvalue weighted by atomic mass is 10.3. The van der Waals surface area contributed by atoms with Gasteiger partial charge in [0.1, 0.15) is 5.82 Å². The molecule has 0 aliphatic carbocycles. The van der Waals surface area contributed by atoms with Gasteiger partial charge >= 0.3 is 0 Å². The summed E-state index contributed by atoms with van der Waals surface area (Å²) in [6.45, 7) is 1.75. The number of benzene rings is 1. The molecule has 0 fully saturated rings. The van der Waals surface area contributed by atoms with E-state index in [0.29, 0.717) is 11.5 Å². The van der Waals surface area contributed by atoms with Crippen molar-refractivity contribution >= 4 is 15.7 Å². The number of nitrogens with one attached hydrogen (secondary N) is 1. The number of aryl methyl sites for hydroxylation is 2. The maximum Gasteiger partial charge on any atom is 0.280 e. The average molecular weight is 251 g/mol. The highest BCUT2D eigenvalue weighted by Gasteiger charge is 2.18. The third kappa shape index (κ3) is 2.47. The second-order valence-corrected chi connectivity index (χ2v) is 5.34. The smallest absolute Gasteiger partial charge is 0.280 e. The van der Waals surface area contributed by atoms with E-state index in [-0.39, 0.29) is 5.03 Å². The van der Waals surface area contributed by atoms with Gasteiger partial charge in [-0.25, -0.2) is 4.98 Å². The number of rotatable bonds is 3. The summed E-state index contributed by atoms with van der Waals surface area (Å²) < 4.78 is 28.1. The lowest BCUT2D eigenvalue weighted by Gasteiger charge is -2.04. The average Bonchev–Trinajstić information content (AvgIpc) is 2.61. The van der Waals surface area contributed by atoms with E-state index in [1.54, 1.807) is 42.8 Å². The Kier molecular flexibility index (Phi) is 2.89. The van der Waals surface area contributed by atoms with Crippen LogP contribution in [0.3, 0.4) is 0 Å². The van der Waals surface area contributed by atoms with Gasteiger partial charge < -0.3 is 4.57 Å². The Bertz CT molecular complexity index is 598. The van der Waals surface area contributed by atoms with Crippen LogP contribution in [0.15, 0.2) is 41.6 Å². The summed E-state index contributed by atoms with van der Waals surface area (Å²) in [6, 6.07) is 8.73. The molecule has 0 aliphatic rings. The van der Waals surface area contributed by atoms with Crippen molar-refractivity contribution in [3.05, 3.63) is 42.4 Å². The van der Waals surface area contributed by atoms with E-state index in [1.165, 1.54) is 6.20 Å². The van der Waals surface area contributed by atoms with Crippen LogP contribution in [0.25, 0.3) is 0 Å². The Balaban J connectivity index is 2.32. The first-order valence-electron chi connectivity index (χ1n) is 5.07. The number of imidazole rings is 1. The maximum absolute atomic E-state index is 12.0. The number of sulfonamides is 1. The molecule has 0 atom stereocenters. The first-order chi connectivity index (χ1) is 7.99. The molecule has 17 heavy (non-hydrogen) atoms. The largest absolute Gasteiger partial charge is 0.337 e. The molecule has 0 aliphatic heterocycles. The predicted molar refractivity (Wildman–Crippen MR) is 65.2 cm³/mol. The van der Waals surface area contributed by atoms with Crippen LogP contribution in [0.4, 0.5) is 5.69 Å². The highest BCUT2D eigenvalue weighted by Crippen LogP contribution is 2.14. The number of nitrogens with zero attached hydrogens (tertiary/aromatic N) is 2. The minimum absolute atomic E-state index is 0.0290. The molecule has 0 saturated carbocycles. The van der Waals surface area contributed by atoms with E-state index in [9.17, 15) is 8.42 Å². The molecule has 0 bridgehead atoms. The van der Waals surface area contributed by atoms with Gasteiger partial charge in [-0.2, -0.15) is 8.42 Å². The molecule has 6 heteroatoms. The zero-order valence-corrected chi connectivity index (χ0v) is 10.4. The Labute approximate surface area is 100 Å². The highest BCUT2D eigenvalue weighted by atomic mass is 32.2. The van der Waals surface area contributed by atoms with Crippen molar-refractivity contribution in [3.8, 4) is 0 Å². The molecule has 1 N–H and O–H groups in total. The molecule has 2 rings (SSSR count). The third-order valence-corrected chi connectivity index (χ3v) is 3.64. The van der Waals surface area contributed by atoms with E-state index in [0.717, 1.165) is 0 Å². The molecule has 1 aromatic carbocycles. The SMILES string of the molecule is Cc1nc(S(=O)(=O)Nc2ccccc2)cn1C. The van der Waals surface area contributed by atoms with Crippen LogP contribution in [0, 0.1) is 6.92 Å². The third-order valence-electron chi connectivity index (χ3n) is 2.39. The second-order valence-electron chi connectivity index (χ2n) is 3.71. The fourth-order valence-electron chi connectivity index (χ4n) is 1.37. The van der Waals surface area contributed by atoms with E-state index >= 15 is 0 Å². The van der Waals surface area contributed by atoms with Crippen molar-refractivity contribution in [1.82, 2.24) is 9.55 Å². The topological polar surface area (TPSA) is 64.0 Å². The normalized spacial score (nSPS) is 11.4. The summed E-state index contributed by atoms with van der Waals surface area (Å²) in [6.07, 6.45) is 1.49. The first kappa shape index (κ1) is 11.7. The zero-order valence-electron chi connectivity index (χ0n) is 9.58. The van der Waals surface area contributed by atoms with Gasteiger partial charge in [0.25, 0.3) is 10.0 Å². The summed E-state index contributed by atoms with van der Waals surface area (Å²) in [5, 5.41) is 0.0290. The Morgan fingerprint density at radius 1 is 1.24 bits per heavy atom. The van der Waals surface area contributed by atoms with Gasteiger partial charge in [-0.15, -0.1) is 0 Å². The van der Waals surface area contributed by atoms with Crippen LogP contribution in [0.5, 0.6) is 0 Å². The monoisotopic (exact) mass is 251 g/mol. The fraction of sp³-hybridized carbons (Fsp3) is 0.182. The minimum atomic E-state index is -3.60. The fourth-order valence-corrected chi connectivity index (χ4v) is 2.47. The summed E-state index contributed by atoms with van der Waals surface area (Å²) in [4.78, 5) is 3.99. The molecule has 1 heterocycles. The summed E-state index contributed by atoms with van der Waals surface area (Å²) >= 11 is 0. The molecule has 0 spiro atoms. The van der Waals surface area contributed by atoms with Gasteiger partial charge in [0.05, 0.1) is 0 Å². The number of anilines is 1. The van der Waals surface area contributed by atoms with Crippen LogP contribution >= 0.6 is 0 Å². The van der Waals surface area contributed by atoms with Gasteiger partial charge in [0.2, 0.25) is 0 Å². The van der Waals surface area contributed by atoms with Crippen molar-refractivity contribution in [2.45, 2.75) is 11.9 Å². The number of para-hydroxylation sites is 1. The molecular weight excluding hydrogens is 238 g/mol. The van der Waals surface area contributed by atoms with E-state index in [1.807, 2.05) is 6.07 Å². The Hall–Kier alpha value is -1.82. The molecule has 0 saturated heterocycles. The van der Waals surface area contributed by atoms with Crippen molar-refractivity contribution in [2.75, 3.05) is 4.72 Å². The van der Waals surface area contributed by atoms with Crippen molar-refractivity contribution in [1.29, 1.82) is 0 Å². The van der Waals surface area contributed by atoms with E-state index in [4.69, 9.17) is 0 Å². The zero-order chi connectivity index (χ0) is 12.5. The minimum Gasteiger partial charge on any atom is -0.337 e. The van der Waals surface area contributed by atoms with E-state index < -0.39 is 10.0 Å². The Morgan fingerprint density at radius 3 is 2.41 bits per heavy atom. The van der Waals surface area contributed by atoms with Crippen LogP contribution in [-0.4, -0.2) is 18.0 Å². The van der Waals surface area contributed by atoms with Crippen molar-refractivity contribution < 1.29 is 8.42 Å². The van der Waals surface area contributed by atoms with Crippen LogP contribution < -0.4 is 4.72 Å². The van der Waals surface area contributed by atoms with E-state index in [2.05, 4.69) is 9.71 Å². The summed E-state index contributed by atoms with van der Waals surface area (Å²) in [7, 11) is -1.84. The molecular formula is C11H13N3O2S. The lowest BCUT2D eigenvalue weighted by molar-refractivity contribution is 0.598. The maximum atomic E-state index is 12.0. The summed E-state index contributed by atoms with van der Waals surface area (Å²) in [5.74, 6) is 0.651. The molecule has 2 aromatic rings. The van der Waals surface area contributed by atoms with Gasteiger partial charge in [0, 0.05) is 18.9 Å². The van der Waals surface area contributed by atoms with Crippen LogP contribution in [-0.2, 0) is 17.1 Å². The second kappa shape index (κ2) is 4.21. The number of aromatic nitrogens is 2. The van der Waals surface area contributed by atoms with Gasteiger partial charge in [-0.1, -0.05) is 18.2 Å². The number of hydrogen-bond acceptors (Lipinski definition) is 3. The number of hydrogen-bond donors (Lipinski definition) is 1. The van der Waals surface area contributed by atoms with Crippen molar-refractivity contribution in [3.63, 3.8) is 0 Å². The quantitative estimate of drug-likeness (QED) is 0.899. The van der Waals surface area contributed by atoms with Crippen LogP contribution in [0.2, 0.25) is 0 Å². The van der Waals surface area contributed by atoms with Gasteiger partial charge in [0.15, 0.2) is 5.03 Å². The van der Waals surface area contributed by atoms with Crippen LogP contribution in [0.1, 0.15) is 5.82 Å². The van der Waals surface area contributed by atoms with Gasteiger partial charge in [-0.3, -0.25) is 4.72 Å². The molecule has 5 nitrogen and oxygen atoms in total. The van der Waals surface area contributed by atoms with Gasteiger partial charge in [-0.05, 0) is 19.1 Å². The first-order valence-corrected chi connectivity index (χ1v) is 6.55. The predicted octanol–water partition coefficient (Wildman–Crippen LogP) is 1.53. The molecule has 90 valence electrons. The Morgan fingerprint density at radius 2 is 1.88 bits per heavy atom. The molecule has 0 radical (unpaired) electrons. The van der Waals surface area contributed by atoms with Crippen molar-refractivity contribution in [2.24, 2.45) is 7.05 Å². The standard InChI is InChI=1S/C11H13N3O2S/c1-9-12-11(8-14(9)2)17(15,16)13-10-6-4-3-5-7-10/h3-8,13H,1-2H3. The molecule has 0 amide bonds.